The third kappa shape index (κ3) is 4.26. The number of thiazole rings is 1. The Bertz CT molecular complexity index is 796. The normalized spacial score (nSPS) is 10.7. The molecule has 3 rings (SSSR count). The van der Waals surface area contributed by atoms with Crippen molar-refractivity contribution in [2.24, 2.45) is 7.05 Å². The van der Waals surface area contributed by atoms with Crippen molar-refractivity contribution in [3.05, 3.63) is 53.0 Å². The summed E-state index contributed by atoms with van der Waals surface area (Å²) in [6, 6.07) is 5.81. The summed E-state index contributed by atoms with van der Waals surface area (Å²) < 4.78 is 1.86. The molecule has 0 aromatic carbocycles. The minimum atomic E-state index is 0.0203. The lowest BCUT2D eigenvalue weighted by Crippen LogP contribution is -2.27. The quantitative estimate of drug-likeness (QED) is 0.669. The van der Waals surface area contributed by atoms with Gasteiger partial charge in [0, 0.05) is 43.5 Å². The van der Waals surface area contributed by atoms with E-state index in [-0.39, 0.29) is 5.91 Å². The summed E-state index contributed by atoms with van der Waals surface area (Å²) in [4.78, 5) is 24.8. The lowest BCUT2D eigenvalue weighted by atomic mass is 10.2. The second kappa shape index (κ2) is 7.83. The Labute approximate surface area is 144 Å². The third-order valence-corrected chi connectivity index (χ3v) is 4.54. The highest BCUT2D eigenvalue weighted by atomic mass is 32.1. The number of hydrogen-bond acceptors (Lipinski definition) is 5. The lowest BCUT2D eigenvalue weighted by Gasteiger charge is -2.05. The summed E-state index contributed by atoms with van der Waals surface area (Å²) in [5.74, 6) is 0.0203. The molecule has 0 saturated carbocycles. The van der Waals surface area contributed by atoms with Gasteiger partial charge in [-0.1, -0.05) is 6.07 Å². The van der Waals surface area contributed by atoms with Crippen molar-refractivity contribution in [1.29, 1.82) is 0 Å². The summed E-state index contributed by atoms with van der Waals surface area (Å²) in [7, 11) is 1.89. The van der Waals surface area contributed by atoms with Crippen LogP contribution in [-0.2, 0) is 24.7 Å². The first-order valence-electron chi connectivity index (χ1n) is 7.80. The van der Waals surface area contributed by atoms with Crippen molar-refractivity contribution in [2.75, 3.05) is 6.54 Å². The van der Waals surface area contributed by atoms with Crippen molar-refractivity contribution in [3.8, 4) is 11.4 Å². The van der Waals surface area contributed by atoms with E-state index >= 15 is 0 Å². The molecule has 0 atom stereocenters. The highest BCUT2D eigenvalue weighted by molar-refractivity contribution is 7.09. The smallest absolute Gasteiger partial charge is 0.225 e. The molecule has 0 aliphatic carbocycles. The summed E-state index contributed by atoms with van der Waals surface area (Å²) in [5.41, 5.74) is 2.72. The summed E-state index contributed by atoms with van der Waals surface area (Å²) in [5, 5.41) is 6.03. The number of amides is 1. The predicted molar refractivity (Wildman–Crippen MR) is 93.6 cm³/mol. The number of imidazole rings is 1. The van der Waals surface area contributed by atoms with Crippen LogP contribution in [0.4, 0.5) is 0 Å². The molecule has 3 heterocycles. The fourth-order valence-corrected chi connectivity index (χ4v) is 3.14. The fourth-order valence-electron chi connectivity index (χ4n) is 2.31. The van der Waals surface area contributed by atoms with Gasteiger partial charge in [0.1, 0.15) is 0 Å². The van der Waals surface area contributed by atoms with Gasteiger partial charge in [0.05, 0.1) is 29.1 Å². The van der Waals surface area contributed by atoms with Crippen molar-refractivity contribution >= 4 is 17.2 Å². The minimum absolute atomic E-state index is 0.0203. The number of nitrogens with zero attached hydrogens (tertiary/aromatic N) is 4. The molecule has 124 valence electrons. The molecule has 0 spiro atoms. The van der Waals surface area contributed by atoms with Gasteiger partial charge in [-0.25, -0.2) is 9.97 Å². The van der Waals surface area contributed by atoms with Crippen LogP contribution in [0, 0.1) is 0 Å². The van der Waals surface area contributed by atoms with Crippen LogP contribution in [-0.4, -0.2) is 32.0 Å². The Morgan fingerprint density at radius 3 is 3.00 bits per heavy atom. The van der Waals surface area contributed by atoms with Crippen LogP contribution in [0.15, 0.2) is 42.3 Å². The summed E-state index contributed by atoms with van der Waals surface area (Å²) in [6.45, 7) is 0.648. The first-order valence-corrected chi connectivity index (χ1v) is 8.68. The molecule has 0 saturated heterocycles. The summed E-state index contributed by atoms with van der Waals surface area (Å²) in [6.07, 6.45) is 7.26. The molecule has 6 nitrogen and oxygen atoms in total. The van der Waals surface area contributed by atoms with Crippen LogP contribution >= 0.6 is 11.3 Å². The van der Waals surface area contributed by atoms with Gasteiger partial charge >= 0.3 is 0 Å². The lowest BCUT2D eigenvalue weighted by molar-refractivity contribution is -0.120. The van der Waals surface area contributed by atoms with Crippen LogP contribution in [0.25, 0.3) is 11.4 Å². The van der Waals surface area contributed by atoms with E-state index in [0.29, 0.717) is 13.0 Å². The van der Waals surface area contributed by atoms with Crippen molar-refractivity contribution < 1.29 is 4.79 Å². The third-order valence-electron chi connectivity index (χ3n) is 3.63. The molecular weight excluding hydrogens is 322 g/mol. The molecular formula is C17H19N5OS. The molecule has 7 heteroatoms. The van der Waals surface area contributed by atoms with E-state index in [2.05, 4.69) is 20.3 Å². The number of aromatic nitrogens is 4. The average molecular weight is 341 g/mol. The van der Waals surface area contributed by atoms with Crippen LogP contribution in [0.3, 0.4) is 0 Å². The Hall–Kier alpha value is -2.54. The highest BCUT2D eigenvalue weighted by Crippen LogP contribution is 2.20. The zero-order valence-electron chi connectivity index (χ0n) is 13.5. The first kappa shape index (κ1) is 16.3. The Morgan fingerprint density at radius 2 is 2.25 bits per heavy atom. The van der Waals surface area contributed by atoms with Crippen molar-refractivity contribution in [3.63, 3.8) is 0 Å². The SMILES string of the molecule is Cn1cncc1CC(=O)NCCCc1nc(-c2ccccn2)cs1. The van der Waals surface area contributed by atoms with Gasteiger partial charge in [-0.15, -0.1) is 11.3 Å². The maximum atomic E-state index is 11.9. The zero-order valence-corrected chi connectivity index (χ0v) is 14.3. The average Bonchev–Trinajstić information content (AvgIpc) is 3.22. The van der Waals surface area contributed by atoms with Gasteiger partial charge in [0.15, 0.2) is 0 Å². The van der Waals surface area contributed by atoms with Gasteiger partial charge in [0.2, 0.25) is 5.91 Å². The van der Waals surface area contributed by atoms with E-state index in [4.69, 9.17) is 0 Å². The van der Waals surface area contributed by atoms with E-state index in [1.807, 2.05) is 35.2 Å². The monoisotopic (exact) mass is 341 g/mol. The van der Waals surface area contributed by atoms with Gasteiger partial charge in [0.25, 0.3) is 0 Å². The molecule has 0 aliphatic rings. The van der Waals surface area contributed by atoms with Gasteiger partial charge in [-0.2, -0.15) is 0 Å². The number of aryl methyl sites for hydroxylation is 2. The maximum absolute atomic E-state index is 11.9. The second-order valence-electron chi connectivity index (χ2n) is 5.47. The topological polar surface area (TPSA) is 72.7 Å². The number of rotatable bonds is 7. The van der Waals surface area contributed by atoms with Crippen LogP contribution in [0.5, 0.6) is 0 Å². The molecule has 0 bridgehead atoms. The minimum Gasteiger partial charge on any atom is -0.356 e. The number of carbonyl (C=O) groups is 1. The molecule has 0 fully saturated rings. The van der Waals surface area contributed by atoms with Crippen LogP contribution < -0.4 is 5.32 Å². The summed E-state index contributed by atoms with van der Waals surface area (Å²) >= 11 is 1.63. The van der Waals surface area contributed by atoms with E-state index in [9.17, 15) is 4.79 Å². The molecule has 0 unspecified atom stereocenters. The van der Waals surface area contributed by atoms with E-state index < -0.39 is 0 Å². The van der Waals surface area contributed by atoms with Gasteiger partial charge in [-0.05, 0) is 18.6 Å². The first-order chi connectivity index (χ1) is 11.7. The number of pyridine rings is 1. The Morgan fingerprint density at radius 1 is 1.33 bits per heavy atom. The predicted octanol–water partition coefficient (Wildman–Crippen LogP) is 2.23. The van der Waals surface area contributed by atoms with E-state index in [0.717, 1.165) is 34.9 Å². The Balaban J connectivity index is 1.41. The maximum Gasteiger partial charge on any atom is 0.225 e. The molecule has 0 aliphatic heterocycles. The van der Waals surface area contributed by atoms with E-state index in [1.165, 1.54) is 0 Å². The van der Waals surface area contributed by atoms with Crippen molar-refractivity contribution in [2.45, 2.75) is 19.3 Å². The molecule has 3 aromatic rings. The molecule has 0 radical (unpaired) electrons. The van der Waals surface area contributed by atoms with Gasteiger partial charge in [-0.3, -0.25) is 9.78 Å². The Kier molecular flexibility index (Phi) is 5.32. The van der Waals surface area contributed by atoms with E-state index in [1.54, 1.807) is 30.1 Å². The highest BCUT2D eigenvalue weighted by Gasteiger charge is 2.07. The number of carbonyl (C=O) groups excluding carboxylic acids is 1. The molecule has 1 amide bonds. The largest absolute Gasteiger partial charge is 0.356 e. The standard InChI is InChI=1S/C17H19N5OS/c1-22-12-18-10-13(22)9-16(23)20-8-4-6-17-21-15(11-24-17)14-5-2-3-7-19-14/h2-3,5,7,10-12H,4,6,8-9H2,1H3,(H,20,23). The molecule has 24 heavy (non-hydrogen) atoms. The second-order valence-corrected chi connectivity index (χ2v) is 6.41. The van der Waals surface area contributed by atoms with Gasteiger partial charge < -0.3 is 9.88 Å². The number of nitrogens with one attached hydrogen (secondary N) is 1. The fraction of sp³-hybridized carbons (Fsp3) is 0.294. The van der Waals surface area contributed by atoms with Crippen LogP contribution in [0.1, 0.15) is 17.1 Å². The van der Waals surface area contributed by atoms with Crippen molar-refractivity contribution in [1.82, 2.24) is 24.8 Å². The van der Waals surface area contributed by atoms with Crippen LogP contribution in [0.2, 0.25) is 0 Å². The molecule has 1 N–H and O–H groups in total. The number of hydrogen-bond donors (Lipinski definition) is 1. The zero-order chi connectivity index (χ0) is 16.8. The molecule has 3 aromatic heterocycles.